The number of carboxylic acid groups (broad SMARTS) is 1. The molecule has 0 rings (SSSR count). The Labute approximate surface area is 79.4 Å². The smallest absolute Gasteiger partial charge is 1.00 e. The van der Waals surface area contributed by atoms with Crippen LogP contribution < -0.4 is 29.6 Å². The maximum absolute atomic E-state index is 10.3. The number of hydrogen-bond acceptors (Lipinski definition) is 1. The summed E-state index contributed by atoms with van der Waals surface area (Å²) < 4.78 is 0. The molecular weight excluding hydrogens is 127 g/mol. The zero-order valence-corrected chi connectivity index (χ0v) is 8.56. The van der Waals surface area contributed by atoms with Gasteiger partial charge in [0, 0.05) is 0 Å². The van der Waals surface area contributed by atoms with E-state index >= 15 is 0 Å². The molecule has 0 fully saturated rings. The second-order valence-corrected chi connectivity index (χ2v) is 2.54. The number of rotatable bonds is 2. The van der Waals surface area contributed by atoms with E-state index in [4.69, 9.17) is 5.11 Å². The Kier molecular flexibility index (Phi) is 5.83. The first-order valence-corrected chi connectivity index (χ1v) is 2.74. The average Bonchev–Trinajstić information content (AvgIpc) is 1.67. The van der Waals surface area contributed by atoms with Gasteiger partial charge in [-0.05, 0) is 20.3 Å². The molecule has 3 heteroatoms. The van der Waals surface area contributed by atoms with E-state index in [-0.39, 0.29) is 31.0 Å². The van der Waals surface area contributed by atoms with E-state index in [9.17, 15) is 4.79 Å². The molecule has 0 saturated heterocycles. The molecular formula is C6H13NaO2. The molecule has 0 bridgehead atoms. The molecule has 0 amide bonds. The molecule has 0 spiro atoms. The van der Waals surface area contributed by atoms with Crippen LogP contribution in [0.5, 0.6) is 0 Å². The van der Waals surface area contributed by atoms with Gasteiger partial charge in [-0.15, -0.1) is 0 Å². The molecule has 1 N–H and O–H groups in total. The summed E-state index contributed by atoms with van der Waals surface area (Å²) in [4.78, 5) is 10.3. The van der Waals surface area contributed by atoms with Crippen LogP contribution in [0.3, 0.4) is 0 Å². The van der Waals surface area contributed by atoms with Gasteiger partial charge in [0.25, 0.3) is 0 Å². The number of aliphatic carboxylic acids is 1. The molecule has 0 saturated carbocycles. The maximum Gasteiger partial charge on any atom is 1.00 e. The number of carboxylic acids is 1. The number of carbonyl (C=O) groups is 1. The summed E-state index contributed by atoms with van der Waals surface area (Å²) in [6.45, 7) is 5.30. The third kappa shape index (κ3) is 3.95. The summed E-state index contributed by atoms with van der Waals surface area (Å²) >= 11 is 0. The maximum atomic E-state index is 10.3. The van der Waals surface area contributed by atoms with Gasteiger partial charge >= 0.3 is 35.5 Å². The molecule has 0 aromatic carbocycles. The van der Waals surface area contributed by atoms with E-state index in [2.05, 4.69) is 0 Å². The van der Waals surface area contributed by atoms with Crippen molar-refractivity contribution in [2.45, 2.75) is 27.2 Å². The van der Waals surface area contributed by atoms with E-state index in [1.54, 1.807) is 13.8 Å². The van der Waals surface area contributed by atoms with Crippen molar-refractivity contribution < 1.29 is 40.9 Å². The molecule has 0 radical (unpaired) electrons. The van der Waals surface area contributed by atoms with Gasteiger partial charge < -0.3 is 6.53 Å². The van der Waals surface area contributed by atoms with Crippen LogP contribution in [0, 0.1) is 5.41 Å². The summed E-state index contributed by atoms with van der Waals surface area (Å²) in [5.41, 5.74) is -0.542. The third-order valence-corrected chi connectivity index (χ3v) is 1.46. The van der Waals surface area contributed by atoms with E-state index in [0.29, 0.717) is 6.42 Å². The van der Waals surface area contributed by atoms with Crippen molar-refractivity contribution in [3.8, 4) is 0 Å². The Hall–Kier alpha value is 0.470. The van der Waals surface area contributed by atoms with Gasteiger partial charge in [0.05, 0.1) is 5.41 Å². The average molecular weight is 140 g/mol. The Morgan fingerprint density at radius 3 is 2.00 bits per heavy atom. The van der Waals surface area contributed by atoms with Crippen LogP contribution in [0.4, 0.5) is 0 Å². The van der Waals surface area contributed by atoms with Gasteiger partial charge in [0.15, 0.2) is 0 Å². The van der Waals surface area contributed by atoms with Gasteiger partial charge in [0.1, 0.15) is 0 Å². The Morgan fingerprint density at radius 2 is 2.00 bits per heavy atom. The fourth-order valence-electron chi connectivity index (χ4n) is 0.151. The Bertz CT molecular complexity index is 104. The molecule has 0 aromatic heterocycles. The molecule has 2 nitrogen and oxygen atoms in total. The van der Waals surface area contributed by atoms with Crippen LogP contribution in [-0.2, 0) is 4.79 Å². The summed E-state index contributed by atoms with van der Waals surface area (Å²) in [5, 5.41) is 8.44. The molecule has 0 aliphatic rings. The van der Waals surface area contributed by atoms with Gasteiger partial charge in [-0.3, -0.25) is 4.79 Å². The van der Waals surface area contributed by atoms with Gasteiger partial charge in [-0.2, -0.15) is 0 Å². The summed E-state index contributed by atoms with van der Waals surface area (Å²) in [6.07, 6.45) is 0.683. The van der Waals surface area contributed by atoms with Crippen LogP contribution in [-0.4, -0.2) is 11.1 Å². The van der Waals surface area contributed by atoms with E-state index in [0.717, 1.165) is 0 Å². The predicted octanol–water partition coefficient (Wildman–Crippen LogP) is -1.38. The van der Waals surface area contributed by atoms with Crippen LogP contribution in [0.1, 0.15) is 28.6 Å². The van der Waals surface area contributed by atoms with Gasteiger partial charge in [-0.1, -0.05) is 6.92 Å². The first-order valence-electron chi connectivity index (χ1n) is 2.74. The summed E-state index contributed by atoms with van der Waals surface area (Å²) in [5.74, 6) is -0.722. The van der Waals surface area contributed by atoms with Crippen molar-refractivity contribution in [2.24, 2.45) is 5.41 Å². The molecule has 0 aliphatic carbocycles. The van der Waals surface area contributed by atoms with Crippen molar-refractivity contribution in [1.82, 2.24) is 0 Å². The monoisotopic (exact) mass is 140 g/mol. The normalized spacial score (nSPS) is 10.1. The minimum Gasteiger partial charge on any atom is -1.00 e. The fourth-order valence-corrected chi connectivity index (χ4v) is 0.151. The second-order valence-electron chi connectivity index (χ2n) is 2.54. The second kappa shape index (κ2) is 4.31. The molecule has 0 heterocycles. The largest absolute Gasteiger partial charge is 1.00 e. The van der Waals surface area contributed by atoms with Crippen molar-refractivity contribution in [3.05, 3.63) is 0 Å². The summed E-state index contributed by atoms with van der Waals surface area (Å²) in [7, 11) is 0. The van der Waals surface area contributed by atoms with Gasteiger partial charge in [0.2, 0.25) is 0 Å². The van der Waals surface area contributed by atoms with Crippen LogP contribution in [0.15, 0.2) is 0 Å². The van der Waals surface area contributed by atoms with Crippen molar-refractivity contribution in [3.63, 3.8) is 0 Å². The molecule has 0 atom stereocenters. The predicted molar refractivity (Wildman–Crippen MR) is 32.8 cm³/mol. The zero-order chi connectivity index (χ0) is 6.78. The van der Waals surface area contributed by atoms with Crippen LogP contribution in [0.25, 0.3) is 0 Å². The van der Waals surface area contributed by atoms with Crippen LogP contribution in [0.2, 0.25) is 0 Å². The van der Waals surface area contributed by atoms with Crippen molar-refractivity contribution >= 4 is 5.97 Å². The van der Waals surface area contributed by atoms with Gasteiger partial charge in [-0.25, -0.2) is 0 Å². The quantitative estimate of drug-likeness (QED) is 0.480. The van der Waals surface area contributed by atoms with E-state index in [1.165, 1.54) is 0 Å². The first-order chi connectivity index (χ1) is 3.50. The minimum absolute atomic E-state index is 0. The molecule has 0 aliphatic heterocycles. The Balaban J connectivity index is -0.000000245. The fraction of sp³-hybridized carbons (Fsp3) is 0.833. The third-order valence-electron chi connectivity index (χ3n) is 1.46. The molecule has 0 aromatic rings. The number of hydrogen-bond donors (Lipinski definition) is 1. The molecule has 9 heavy (non-hydrogen) atoms. The van der Waals surface area contributed by atoms with Crippen molar-refractivity contribution in [2.75, 3.05) is 0 Å². The topological polar surface area (TPSA) is 37.3 Å². The SMILES string of the molecule is CCC(C)(C)C(=O)O.[H-].[Na+]. The first kappa shape index (κ1) is 12.2. The van der Waals surface area contributed by atoms with E-state index in [1.807, 2.05) is 6.92 Å². The zero-order valence-electron chi connectivity index (χ0n) is 7.56. The van der Waals surface area contributed by atoms with Crippen molar-refractivity contribution in [1.29, 1.82) is 0 Å². The Morgan fingerprint density at radius 1 is 1.67 bits per heavy atom. The van der Waals surface area contributed by atoms with E-state index < -0.39 is 11.4 Å². The standard InChI is InChI=1S/C6H12O2.Na.H/c1-4-6(2,3)5(7)8;;/h4H2,1-3H3,(H,7,8);;/q;+1;-1. The molecule has 0 unspecified atom stereocenters. The summed E-state index contributed by atoms with van der Waals surface area (Å²) in [6, 6.07) is 0. The van der Waals surface area contributed by atoms with Crippen LogP contribution >= 0.6 is 0 Å². The molecule has 50 valence electrons. The minimum atomic E-state index is -0.722.